The molecule has 4 rings (SSSR count). The molecule has 1 aliphatic rings. The number of rotatable bonds is 5. The van der Waals surface area contributed by atoms with Gasteiger partial charge in [0.1, 0.15) is 16.8 Å². The van der Waals surface area contributed by atoms with Crippen LogP contribution in [0, 0.1) is 0 Å². The molecule has 10 heteroatoms. The molecule has 1 saturated heterocycles. The zero-order chi connectivity index (χ0) is 29.2. The molecule has 0 saturated carbocycles. The Hall–Kier alpha value is -4.08. The lowest BCUT2D eigenvalue weighted by Gasteiger charge is -2.30. The Kier molecular flexibility index (Phi) is 8.09. The average Bonchev–Trinajstić information content (AvgIpc) is 3.39. The standard InChI is InChI=1S/C30H37N3O7/c1-19(34)37-26-23(16-20-11-13-21(14-12-20)22-17-32-15-9-8-10-25(32)31-22)33(27(35)39-29(2,3)4)18-24(26)38-28(36)40-30(5,6)7/h8-15,17,23-24,26H,16,18H2,1-7H3/t23-,24+,26+/m1/s1. The minimum Gasteiger partial charge on any atom is -0.456 e. The van der Waals surface area contributed by atoms with E-state index in [1.807, 2.05) is 59.3 Å². The molecule has 1 fully saturated rings. The molecule has 3 heterocycles. The van der Waals surface area contributed by atoms with Crippen LogP contribution in [0.4, 0.5) is 9.59 Å². The number of aromatic nitrogens is 2. The van der Waals surface area contributed by atoms with Crippen molar-refractivity contribution in [3.8, 4) is 11.3 Å². The number of likely N-dealkylation sites (tertiary alicyclic amines) is 1. The molecule has 0 aliphatic carbocycles. The summed E-state index contributed by atoms with van der Waals surface area (Å²) in [6.07, 6.45) is 0.875. The molecule has 3 atom stereocenters. The fourth-order valence-corrected chi connectivity index (χ4v) is 4.59. The molecule has 214 valence electrons. The van der Waals surface area contributed by atoms with Crippen LogP contribution in [-0.4, -0.2) is 68.5 Å². The number of benzene rings is 1. The number of hydrogen-bond acceptors (Lipinski definition) is 8. The van der Waals surface area contributed by atoms with E-state index < -0.39 is 47.7 Å². The average molecular weight is 552 g/mol. The van der Waals surface area contributed by atoms with Crippen LogP contribution in [0.1, 0.15) is 54.0 Å². The molecule has 2 aromatic heterocycles. The molecule has 1 amide bonds. The van der Waals surface area contributed by atoms with Crippen molar-refractivity contribution in [3.63, 3.8) is 0 Å². The summed E-state index contributed by atoms with van der Waals surface area (Å²) >= 11 is 0. The molecule has 0 radical (unpaired) electrons. The molecule has 3 aromatic rings. The second-order valence-corrected chi connectivity index (χ2v) is 11.9. The topological polar surface area (TPSA) is 109 Å². The molecule has 40 heavy (non-hydrogen) atoms. The van der Waals surface area contributed by atoms with Crippen LogP contribution in [0.25, 0.3) is 16.9 Å². The molecule has 1 aromatic carbocycles. The number of pyridine rings is 1. The number of esters is 1. The maximum Gasteiger partial charge on any atom is 0.509 e. The van der Waals surface area contributed by atoms with E-state index in [0.717, 1.165) is 22.5 Å². The Morgan fingerprint density at radius 1 is 0.925 bits per heavy atom. The maximum absolute atomic E-state index is 13.3. The predicted octanol–water partition coefficient (Wildman–Crippen LogP) is 5.42. The first kappa shape index (κ1) is 28.9. The normalized spacial score (nSPS) is 19.4. The van der Waals surface area contributed by atoms with E-state index in [0.29, 0.717) is 6.42 Å². The van der Waals surface area contributed by atoms with Gasteiger partial charge in [-0.1, -0.05) is 30.3 Å². The van der Waals surface area contributed by atoms with Gasteiger partial charge in [-0.25, -0.2) is 14.6 Å². The summed E-state index contributed by atoms with van der Waals surface area (Å²) in [6.45, 7) is 11.7. The third-order valence-electron chi connectivity index (χ3n) is 6.15. The minimum atomic E-state index is -0.937. The molecule has 0 bridgehead atoms. The van der Waals surface area contributed by atoms with Crippen LogP contribution >= 0.6 is 0 Å². The quantitative estimate of drug-likeness (QED) is 0.306. The van der Waals surface area contributed by atoms with Crippen LogP contribution < -0.4 is 0 Å². The van der Waals surface area contributed by atoms with Crippen LogP contribution in [0.5, 0.6) is 0 Å². The largest absolute Gasteiger partial charge is 0.509 e. The van der Waals surface area contributed by atoms with E-state index in [2.05, 4.69) is 4.98 Å². The summed E-state index contributed by atoms with van der Waals surface area (Å²) in [7, 11) is 0. The van der Waals surface area contributed by atoms with Gasteiger partial charge in [-0.2, -0.15) is 0 Å². The van der Waals surface area contributed by atoms with Gasteiger partial charge in [0.25, 0.3) is 0 Å². The smallest absolute Gasteiger partial charge is 0.456 e. The second-order valence-electron chi connectivity index (χ2n) is 11.9. The van der Waals surface area contributed by atoms with Crippen LogP contribution in [-0.2, 0) is 30.2 Å². The summed E-state index contributed by atoms with van der Waals surface area (Å²) in [5, 5.41) is 0. The van der Waals surface area contributed by atoms with Crippen LogP contribution in [0.2, 0.25) is 0 Å². The molecule has 1 aliphatic heterocycles. The highest BCUT2D eigenvalue weighted by Gasteiger charge is 2.49. The number of hydrogen-bond donors (Lipinski definition) is 0. The lowest BCUT2D eigenvalue weighted by Crippen LogP contribution is -2.45. The van der Waals surface area contributed by atoms with Crippen molar-refractivity contribution < 1.29 is 33.3 Å². The Bertz CT molecular complexity index is 1340. The predicted molar refractivity (Wildman–Crippen MR) is 148 cm³/mol. The zero-order valence-corrected chi connectivity index (χ0v) is 24.0. The SMILES string of the molecule is CC(=O)O[C@@H]1[C@@H](OC(=O)OC(C)(C)C)CN(C(=O)OC(C)(C)C)[C@@H]1Cc1ccc(-c2cn3ccccc3n2)cc1. The monoisotopic (exact) mass is 551 g/mol. The highest BCUT2D eigenvalue weighted by molar-refractivity contribution is 5.71. The van der Waals surface area contributed by atoms with E-state index in [1.54, 1.807) is 41.5 Å². The number of imidazole rings is 1. The Labute approximate surface area is 234 Å². The van der Waals surface area contributed by atoms with Crippen molar-refractivity contribution in [3.05, 3.63) is 60.4 Å². The van der Waals surface area contributed by atoms with Gasteiger partial charge in [0.15, 0.2) is 12.2 Å². The van der Waals surface area contributed by atoms with Gasteiger partial charge in [0.2, 0.25) is 0 Å². The third kappa shape index (κ3) is 7.31. The van der Waals surface area contributed by atoms with Crippen molar-refractivity contribution in [1.82, 2.24) is 14.3 Å². The van der Waals surface area contributed by atoms with Crippen molar-refractivity contribution >= 4 is 23.9 Å². The number of carbonyl (C=O) groups is 3. The first-order chi connectivity index (χ1) is 18.7. The fourth-order valence-electron chi connectivity index (χ4n) is 4.59. The van der Waals surface area contributed by atoms with E-state index in [4.69, 9.17) is 18.9 Å². The molecule has 0 N–H and O–H groups in total. The van der Waals surface area contributed by atoms with Gasteiger partial charge in [-0.3, -0.25) is 9.69 Å². The van der Waals surface area contributed by atoms with E-state index in [9.17, 15) is 14.4 Å². The van der Waals surface area contributed by atoms with Gasteiger partial charge in [-0.15, -0.1) is 0 Å². The maximum atomic E-state index is 13.3. The second kappa shape index (κ2) is 11.2. The minimum absolute atomic E-state index is 0.0178. The summed E-state index contributed by atoms with van der Waals surface area (Å²) < 4.78 is 24.1. The van der Waals surface area contributed by atoms with Crippen molar-refractivity contribution in [2.24, 2.45) is 0 Å². The summed E-state index contributed by atoms with van der Waals surface area (Å²) in [4.78, 5) is 44.0. The van der Waals surface area contributed by atoms with E-state index >= 15 is 0 Å². The number of ether oxygens (including phenoxy) is 4. The number of carbonyl (C=O) groups excluding carboxylic acids is 3. The molecular formula is C30H37N3O7. The summed E-state index contributed by atoms with van der Waals surface area (Å²) in [5.41, 5.74) is 1.97. The van der Waals surface area contributed by atoms with Crippen molar-refractivity contribution in [1.29, 1.82) is 0 Å². The van der Waals surface area contributed by atoms with Crippen LogP contribution in [0.3, 0.4) is 0 Å². The summed E-state index contributed by atoms with van der Waals surface area (Å²) in [6, 6.07) is 13.0. The first-order valence-corrected chi connectivity index (χ1v) is 13.3. The third-order valence-corrected chi connectivity index (χ3v) is 6.15. The lowest BCUT2D eigenvalue weighted by atomic mass is 9.99. The Morgan fingerprint density at radius 3 is 2.20 bits per heavy atom. The summed E-state index contributed by atoms with van der Waals surface area (Å²) in [5.74, 6) is -0.555. The Morgan fingerprint density at radius 2 is 1.60 bits per heavy atom. The first-order valence-electron chi connectivity index (χ1n) is 13.3. The molecule has 10 nitrogen and oxygen atoms in total. The Balaban J connectivity index is 1.60. The highest BCUT2D eigenvalue weighted by Crippen LogP contribution is 2.30. The van der Waals surface area contributed by atoms with Gasteiger partial charge in [0, 0.05) is 24.9 Å². The fraction of sp³-hybridized carbons (Fsp3) is 0.467. The van der Waals surface area contributed by atoms with E-state index in [1.165, 1.54) is 11.8 Å². The van der Waals surface area contributed by atoms with Crippen LogP contribution in [0.15, 0.2) is 54.9 Å². The number of fused-ring (bicyclic) bond motifs is 1. The number of nitrogens with zero attached hydrogens (tertiary/aromatic N) is 3. The van der Waals surface area contributed by atoms with Gasteiger partial charge in [-0.05, 0) is 65.7 Å². The number of amides is 1. The zero-order valence-electron chi connectivity index (χ0n) is 24.0. The van der Waals surface area contributed by atoms with Gasteiger partial charge < -0.3 is 23.3 Å². The van der Waals surface area contributed by atoms with Gasteiger partial charge in [0.05, 0.1) is 18.3 Å². The van der Waals surface area contributed by atoms with Crippen molar-refractivity contribution in [2.45, 2.75) is 84.3 Å². The lowest BCUT2D eigenvalue weighted by molar-refractivity contribution is -0.153. The molecule has 0 unspecified atom stereocenters. The van der Waals surface area contributed by atoms with E-state index in [-0.39, 0.29) is 6.54 Å². The highest BCUT2D eigenvalue weighted by atomic mass is 16.7. The van der Waals surface area contributed by atoms with Gasteiger partial charge >= 0.3 is 18.2 Å². The molecular weight excluding hydrogens is 514 g/mol. The van der Waals surface area contributed by atoms with Crippen molar-refractivity contribution in [2.75, 3.05) is 6.54 Å². The molecule has 0 spiro atoms.